The van der Waals surface area contributed by atoms with Gasteiger partial charge in [-0.3, -0.25) is 9.88 Å². The topological polar surface area (TPSA) is 37.4 Å². The van der Waals surface area contributed by atoms with Crippen molar-refractivity contribution >= 4 is 10.8 Å². The van der Waals surface area contributed by atoms with E-state index in [1.165, 1.54) is 10.8 Å². The fourth-order valence-corrected chi connectivity index (χ4v) is 2.55. The van der Waals surface area contributed by atoms with E-state index in [4.69, 9.17) is 4.74 Å². The smallest absolute Gasteiger partial charge is 0.119 e. The Morgan fingerprint density at radius 1 is 1.26 bits per heavy atom. The zero-order chi connectivity index (χ0) is 13.1. The first-order valence-corrected chi connectivity index (χ1v) is 6.71. The van der Waals surface area contributed by atoms with Crippen molar-refractivity contribution in [2.24, 2.45) is 0 Å². The van der Waals surface area contributed by atoms with Crippen LogP contribution in [0.2, 0.25) is 0 Å². The number of ether oxygens (including phenoxy) is 1. The van der Waals surface area contributed by atoms with Gasteiger partial charge in [-0.05, 0) is 29.7 Å². The second-order valence-corrected chi connectivity index (χ2v) is 4.87. The fourth-order valence-electron chi connectivity index (χ4n) is 2.55. The largest absolute Gasteiger partial charge is 0.497 e. The van der Waals surface area contributed by atoms with Crippen LogP contribution in [0.15, 0.2) is 30.5 Å². The third kappa shape index (κ3) is 2.69. The normalized spacial score (nSPS) is 16.7. The fraction of sp³-hybridized carbons (Fsp3) is 0.400. The zero-order valence-electron chi connectivity index (χ0n) is 11.2. The van der Waals surface area contributed by atoms with Crippen molar-refractivity contribution in [3.05, 3.63) is 36.2 Å². The second-order valence-electron chi connectivity index (χ2n) is 4.87. The van der Waals surface area contributed by atoms with Gasteiger partial charge >= 0.3 is 0 Å². The van der Waals surface area contributed by atoms with E-state index in [0.717, 1.165) is 44.2 Å². The van der Waals surface area contributed by atoms with Crippen molar-refractivity contribution in [2.75, 3.05) is 33.3 Å². The number of nitrogens with zero attached hydrogens (tertiary/aromatic N) is 2. The molecule has 0 bridgehead atoms. The summed E-state index contributed by atoms with van der Waals surface area (Å²) in [6.45, 7) is 5.24. The number of pyridine rings is 1. The van der Waals surface area contributed by atoms with Crippen molar-refractivity contribution in [2.45, 2.75) is 6.54 Å². The van der Waals surface area contributed by atoms with Gasteiger partial charge in [-0.1, -0.05) is 0 Å². The number of nitrogens with one attached hydrogen (secondary N) is 1. The summed E-state index contributed by atoms with van der Waals surface area (Å²) in [6.07, 6.45) is 1.89. The maximum absolute atomic E-state index is 5.27. The average Bonchev–Trinajstić information content (AvgIpc) is 2.48. The Bertz CT molecular complexity index is 564. The summed E-state index contributed by atoms with van der Waals surface area (Å²) in [5.41, 5.74) is 1.15. The Kier molecular flexibility index (Phi) is 3.62. The van der Waals surface area contributed by atoms with Gasteiger partial charge in [0, 0.05) is 44.3 Å². The lowest BCUT2D eigenvalue weighted by atomic mass is 10.1. The zero-order valence-corrected chi connectivity index (χ0v) is 11.2. The number of rotatable bonds is 3. The van der Waals surface area contributed by atoms with E-state index < -0.39 is 0 Å². The van der Waals surface area contributed by atoms with Crippen LogP contribution in [0, 0.1) is 0 Å². The Morgan fingerprint density at radius 2 is 2.11 bits per heavy atom. The number of hydrogen-bond donors (Lipinski definition) is 1. The summed E-state index contributed by atoms with van der Waals surface area (Å²) in [6, 6.07) is 8.22. The number of aromatic nitrogens is 1. The van der Waals surface area contributed by atoms with Crippen LogP contribution in [0.3, 0.4) is 0 Å². The third-order valence-corrected chi connectivity index (χ3v) is 3.64. The first-order valence-electron chi connectivity index (χ1n) is 6.71. The van der Waals surface area contributed by atoms with E-state index in [1.807, 2.05) is 18.3 Å². The molecule has 2 aromatic rings. The molecular formula is C15H19N3O. The summed E-state index contributed by atoms with van der Waals surface area (Å²) in [7, 11) is 1.70. The van der Waals surface area contributed by atoms with E-state index in [2.05, 4.69) is 27.3 Å². The molecule has 0 radical (unpaired) electrons. The molecule has 0 aliphatic carbocycles. The molecule has 0 atom stereocenters. The molecule has 0 saturated carbocycles. The standard InChI is InChI=1S/C15H19N3O/c1-19-13-2-3-14-12(10-13)4-5-17-15(14)11-18-8-6-16-7-9-18/h2-5,10,16H,6-9,11H2,1H3. The van der Waals surface area contributed by atoms with E-state index in [0.29, 0.717) is 0 Å². The second kappa shape index (κ2) is 5.55. The summed E-state index contributed by atoms with van der Waals surface area (Å²) in [5.74, 6) is 0.895. The SMILES string of the molecule is COc1ccc2c(CN3CCNCC3)nccc2c1. The molecule has 0 amide bonds. The van der Waals surface area contributed by atoms with Crippen LogP contribution >= 0.6 is 0 Å². The highest BCUT2D eigenvalue weighted by Crippen LogP contribution is 2.23. The minimum absolute atomic E-state index is 0.895. The number of fused-ring (bicyclic) bond motifs is 1. The van der Waals surface area contributed by atoms with Gasteiger partial charge in [-0.15, -0.1) is 0 Å². The van der Waals surface area contributed by atoms with Gasteiger partial charge in [-0.25, -0.2) is 0 Å². The molecule has 1 aliphatic rings. The molecule has 1 N–H and O–H groups in total. The quantitative estimate of drug-likeness (QED) is 0.907. The van der Waals surface area contributed by atoms with Crippen molar-refractivity contribution in [1.29, 1.82) is 0 Å². The van der Waals surface area contributed by atoms with Crippen LogP contribution in [0.1, 0.15) is 5.69 Å². The molecule has 0 unspecified atom stereocenters. The van der Waals surface area contributed by atoms with E-state index in [1.54, 1.807) is 7.11 Å². The maximum Gasteiger partial charge on any atom is 0.119 e. The molecule has 2 heterocycles. The van der Waals surface area contributed by atoms with Crippen LogP contribution in [-0.2, 0) is 6.54 Å². The number of hydrogen-bond acceptors (Lipinski definition) is 4. The van der Waals surface area contributed by atoms with Crippen LogP contribution in [0.4, 0.5) is 0 Å². The molecule has 19 heavy (non-hydrogen) atoms. The van der Waals surface area contributed by atoms with Crippen LogP contribution in [0.25, 0.3) is 10.8 Å². The minimum atomic E-state index is 0.895. The van der Waals surface area contributed by atoms with Crippen LogP contribution in [-0.4, -0.2) is 43.2 Å². The van der Waals surface area contributed by atoms with Gasteiger partial charge in [0.25, 0.3) is 0 Å². The number of benzene rings is 1. The Balaban J connectivity index is 1.90. The van der Waals surface area contributed by atoms with Gasteiger partial charge in [0.15, 0.2) is 0 Å². The third-order valence-electron chi connectivity index (χ3n) is 3.64. The van der Waals surface area contributed by atoms with E-state index in [9.17, 15) is 0 Å². The molecule has 1 saturated heterocycles. The predicted molar refractivity (Wildman–Crippen MR) is 76.4 cm³/mol. The van der Waals surface area contributed by atoms with Crippen LogP contribution in [0.5, 0.6) is 5.75 Å². The highest BCUT2D eigenvalue weighted by Gasteiger charge is 2.12. The van der Waals surface area contributed by atoms with Crippen LogP contribution < -0.4 is 10.1 Å². The Labute approximate surface area is 113 Å². The number of methoxy groups -OCH3 is 1. The van der Waals surface area contributed by atoms with Gasteiger partial charge in [0.05, 0.1) is 12.8 Å². The summed E-state index contributed by atoms with van der Waals surface area (Å²) in [5, 5.41) is 5.79. The molecule has 1 fully saturated rings. The molecular weight excluding hydrogens is 238 g/mol. The molecule has 100 valence electrons. The lowest BCUT2D eigenvalue weighted by molar-refractivity contribution is 0.231. The van der Waals surface area contributed by atoms with Crippen molar-refractivity contribution in [3.8, 4) is 5.75 Å². The lowest BCUT2D eigenvalue weighted by Crippen LogP contribution is -2.43. The molecule has 1 aliphatic heterocycles. The number of piperazine rings is 1. The Morgan fingerprint density at radius 3 is 2.89 bits per heavy atom. The maximum atomic E-state index is 5.27. The van der Waals surface area contributed by atoms with Gasteiger partial charge in [-0.2, -0.15) is 0 Å². The minimum Gasteiger partial charge on any atom is -0.497 e. The summed E-state index contributed by atoms with van der Waals surface area (Å²) in [4.78, 5) is 7.00. The summed E-state index contributed by atoms with van der Waals surface area (Å²) < 4.78 is 5.27. The molecule has 4 heteroatoms. The summed E-state index contributed by atoms with van der Waals surface area (Å²) >= 11 is 0. The molecule has 4 nitrogen and oxygen atoms in total. The average molecular weight is 257 g/mol. The molecule has 1 aromatic heterocycles. The van der Waals surface area contributed by atoms with Gasteiger partial charge < -0.3 is 10.1 Å². The van der Waals surface area contributed by atoms with E-state index >= 15 is 0 Å². The Hall–Kier alpha value is -1.65. The van der Waals surface area contributed by atoms with Gasteiger partial charge in [0.1, 0.15) is 5.75 Å². The lowest BCUT2D eigenvalue weighted by Gasteiger charge is -2.27. The molecule has 3 rings (SSSR count). The van der Waals surface area contributed by atoms with Gasteiger partial charge in [0.2, 0.25) is 0 Å². The van der Waals surface area contributed by atoms with Crippen molar-refractivity contribution in [3.63, 3.8) is 0 Å². The first-order chi connectivity index (χ1) is 9.36. The van der Waals surface area contributed by atoms with Crippen molar-refractivity contribution in [1.82, 2.24) is 15.2 Å². The predicted octanol–water partition coefficient (Wildman–Crippen LogP) is 1.65. The monoisotopic (exact) mass is 257 g/mol. The molecule has 1 aromatic carbocycles. The first kappa shape index (κ1) is 12.4. The highest BCUT2D eigenvalue weighted by molar-refractivity contribution is 5.85. The van der Waals surface area contributed by atoms with E-state index in [-0.39, 0.29) is 0 Å². The highest BCUT2D eigenvalue weighted by atomic mass is 16.5. The van der Waals surface area contributed by atoms with Crippen molar-refractivity contribution < 1.29 is 4.74 Å². The molecule has 0 spiro atoms.